The maximum Gasteiger partial charge on any atom is 0.271 e. The van der Waals surface area contributed by atoms with Gasteiger partial charge in [-0.05, 0) is 26.7 Å². The molecule has 0 aliphatic heterocycles. The van der Waals surface area contributed by atoms with Gasteiger partial charge in [-0.15, -0.1) is 0 Å². The van der Waals surface area contributed by atoms with E-state index in [0.717, 1.165) is 18.5 Å². The van der Waals surface area contributed by atoms with E-state index in [1.165, 1.54) is 32.1 Å². The molecule has 0 atom stereocenters. The summed E-state index contributed by atoms with van der Waals surface area (Å²) in [7, 11) is 0. The summed E-state index contributed by atoms with van der Waals surface area (Å²) < 4.78 is 1.70. The number of nitrogens with one attached hydrogen (secondary N) is 1. The molecule has 112 valence electrons. The van der Waals surface area contributed by atoms with Crippen LogP contribution in [-0.2, 0) is 6.54 Å². The molecule has 2 rings (SSSR count). The molecular weight excluding hydrogens is 252 g/mol. The highest BCUT2D eigenvalue weighted by molar-refractivity contribution is 5.98. The van der Waals surface area contributed by atoms with E-state index in [0.29, 0.717) is 17.9 Å². The first-order valence-corrected chi connectivity index (χ1v) is 7.77. The highest BCUT2D eigenvalue weighted by Gasteiger charge is 2.22. The van der Waals surface area contributed by atoms with Crippen LogP contribution in [0.1, 0.15) is 68.1 Å². The Kier molecular flexibility index (Phi) is 5.04. The molecule has 1 aromatic heterocycles. The number of carbonyl (C=O) groups excluding carboxylic acids is 1. The molecule has 0 spiro atoms. The second kappa shape index (κ2) is 6.77. The zero-order valence-electron chi connectivity index (χ0n) is 12.6. The van der Waals surface area contributed by atoms with E-state index >= 15 is 0 Å². The number of carbonyl (C=O) groups is 1. The number of aromatic nitrogens is 2. The number of amides is 1. The molecule has 1 aromatic rings. The largest absolute Gasteiger partial charge is 0.395 e. The Hall–Kier alpha value is -1.52. The van der Waals surface area contributed by atoms with Crippen molar-refractivity contribution in [2.45, 2.75) is 71.4 Å². The third kappa shape index (κ3) is 3.32. The lowest BCUT2D eigenvalue weighted by atomic mass is 9.96. The quantitative estimate of drug-likeness (QED) is 0.892. The Morgan fingerprint density at radius 3 is 2.50 bits per heavy atom. The standard InChI is InChI=1S/C15H26N4O/c1-3-19-14(13(16)11(2)18-19)15(20)17-12-9-7-5-4-6-8-10-12/h12H,3-10,16H2,1-2H3,(H,17,20). The SMILES string of the molecule is CCn1nc(C)c(N)c1C(=O)NC1CCCCCCC1. The lowest BCUT2D eigenvalue weighted by Gasteiger charge is -2.21. The fourth-order valence-electron chi connectivity index (χ4n) is 2.92. The molecule has 1 fully saturated rings. The molecule has 1 saturated carbocycles. The van der Waals surface area contributed by atoms with Gasteiger partial charge in [-0.25, -0.2) is 0 Å². The molecule has 0 aromatic carbocycles. The number of nitrogens with zero attached hydrogens (tertiary/aromatic N) is 2. The number of anilines is 1. The third-order valence-electron chi connectivity index (χ3n) is 4.13. The minimum absolute atomic E-state index is 0.0736. The van der Waals surface area contributed by atoms with Crippen LogP contribution in [-0.4, -0.2) is 21.7 Å². The van der Waals surface area contributed by atoms with Crippen molar-refractivity contribution in [3.8, 4) is 0 Å². The van der Waals surface area contributed by atoms with Crippen molar-refractivity contribution < 1.29 is 4.79 Å². The normalized spacial score (nSPS) is 17.5. The van der Waals surface area contributed by atoms with Gasteiger partial charge in [-0.3, -0.25) is 9.48 Å². The predicted octanol–water partition coefficient (Wildman–Crippen LogP) is 2.64. The zero-order valence-corrected chi connectivity index (χ0v) is 12.6. The summed E-state index contributed by atoms with van der Waals surface area (Å²) in [6.07, 6.45) is 8.44. The van der Waals surface area contributed by atoms with E-state index in [1.807, 2.05) is 13.8 Å². The molecule has 0 unspecified atom stereocenters. The van der Waals surface area contributed by atoms with Crippen LogP contribution < -0.4 is 11.1 Å². The molecule has 1 aliphatic carbocycles. The van der Waals surface area contributed by atoms with E-state index < -0.39 is 0 Å². The first-order chi connectivity index (χ1) is 9.63. The van der Waals surface area contributed by atoms with Crippen LogP contribution in [0.15, 0.2) is 0 Å². The summed E-state index contributed by atoms with van der Waals surface area (Å²) in [6, 6.07) is 0.280. The van der Waals surface area contributed by atoms with Gasteiger partial charge in [-0.1, -0.05) is 32.1 Å². The molecule has 5 nitrogen and oxygen atoms in total. The topological polar surface area (TPSA) is 72.9 Å². The minimum Gasteiger partial charge on any atom is -0.395 e. The van der Waals surface area contributed by atoms with Crippen LogP contribution >= 0.6 is 0 Å². The van der Waals surface area contributed by atoms with Crippen LogP contribution in [0.2, 0.25) is 0 Å². The molecule has 1 aliphatic rings. The van der Waals surface area contributed by atoms with Crippen molar-refractivity contribution in [3.63, 3.8) is 0 Å². The van der Waals surface area contributed by atoms with Crippen molar-refractivity contribution in [1.82, 2.24) is 15.1 Å². The second-order valence-corrected chi connectivity index (χ2v) is 5.68. The molecule has 0 saturated heterocycles. The predicted molar refractivity (Wildman–Crippen MR) is 80.6 cm³/mol. The van der Waals surface area contributed by atoms with Gasteiger partial charge in [-0.2, -0.15) is 5.10 Å². The summed E-state index contributed by atoms with van der Waals surface area (Å²) in [5, 5.41) is 7.46. The summed E-state index contributed by atoms with van der Waals surface area (Å²) in [4.78, 5) is 12.5. The second-order valence-electron chi connectivity index (χ2n) is 5.68. The molecule has 0 radical (unpaired) electrons. The Morgan fingerprint density at radius 2 is 1.90 bits per heavy atom. The van der Waals surface area contributed by atoms with E-state index in [1.54, 1.807) is 4.68 Å². The summed E-state index contributed by atoms with van der Waals surface area (Å²) in [6.45, 7) is 4.47. The van der Waals surface area contributed by atoms with Crippen LogP contribution in [0.3, 0.4) is 0 Å². The van der Waals surface area contributed by atoms with E-state index in [9.17, 15) is 4.79 Å². The minimum atomic E-state index is -0.0736. The lowest BCUT2D eigenvalue weighted by molar-refractivity contribution is 0.0920. The van der Waals surface area contributed by atoms with E-state index in [-0.39, 0.29) is 11.9 Å². The number of hydrogen-bond donors (Lipinski definition) is 2. The van der Waals surface area contributed by atoms with Gasteiger partial charge in [0.25, 0.3) is 5.91 Å². The van der Waals surface area contributed by atoms with Crippen LogP contribution in [0.25, 0.3) is 0 Å². The van der Waals surface area contributed by atoms with Gasteiger partial charge in [0.2, 0.25) is 0 Å². The Balaban J connectivity index is 2.07. The van der Waals surface area contributed by atoms with E-state index in [4.69, 9.17) is 5.73 Å². The highest BCUT2D eigenvalue weighted by atomic mass is 16.2. The summed E-state index contributed by atoms with van der Waals surface area (Å²) in [5.41, 5.74) is 7.76. The number of nitrogens with two attached hydrogens (primary N) is 1. The van der Waals surface area contributed by atoms with Gasteiger partial charge in [0.05, 0.1) is 11.4 Å². The Morgan fingerprint density at radius 1 is 1.30 bits per heavy atom. The summed E-state index contributed by atoms with van der Waals surface area (Å²) in [5.74, 6) is -0.0736. The zero-order chi connectivity index (χ0) is 14.5. The fourth-order valence-corrected chi connectivity index (χ4v) is 2.92. The smallest absolute Gasteiger partial charge is 0.271 e. The molecule has 1 amide bonds. The highest BCUT2D eigenvalue weighted by Crippen LogP contribution is 2.20. The molecule has 5 heteroatoms. The average molecular weight is 278 g/mol. The maximum atomic E-state index is 12.5. The van der Waals surface area contributed by atoms with Gasteiger partial charge in [0, 0.05) is 12.6 Å². The van der Waals surface area contributed by atoms with Crippen LogP contribution in [0.5, 0.6) is 0 Å². The van der Waals surface area contributed by atoms with E-state index in [2.05, 4.69) is 10.4 Å². The van der Waals surface area contributed by atoms with Crippen LogP contribution in [0.4, 0.5) is 5.69 Å². The first-order valence-electron chi connectivity index (χ1n) is 7.77. The first kappa shape index (κ1) is 14.9. The van der Waals surface area contributed by atoms with Gasteiger partial charge in [0.15, 0.2) is 0 Å². The molecule has 1 heterocycles. The summed E-state index contributed by atoms with van der Waals surface area (Å²) >= 11 is 0. The lowest BCUT2D eigenvalue weighted by Crippen LogP contribution is -2.36. The van der Waals surface area contributed by atoms with Crippen molar-refractivity contribution in [3.05, 3.63) is 11.4 Å². The number of hydrogen-bond acceptors (Lipinski definition) is 3. The monoisotopic (exact) mass is 278 g/mol. The maximum absolute atomic E-state index is 12.5. The van der Waals surface area contributed by atoms with Crippen molar-refractivity contribution >= 4 is 11.6 Å². The van der Waals surface area contributed by atoms with Gasteiger partial charge in [0.1, 0.15) is 5.69 Å². The third-order valence-corrected chi connectivity index (χ3v) is 4.13. The molecule has 20 heavy (non-hydrogen) atoms. The van der Waals surface area contributed by atoms with Crippen molar-refractivity contribution in [2.75, 3.05) is 5.73 Å². The number of rotatable bonds is 3. The number of aryl methyl sites for hydroxylation is 2. The van der Waals surface area contributed by atoms with Crippen molar-refractivity contribution in [1.29, 1.82) is 0 Å². The fraction of sp³-hybridized carbons (Fsp3) is 0.733. The Labute approximate surface area is 120 Å². The molecule has 3 N–H and O–H groups in total. The average Bonchev–Trinajstić information content (AvgIpc) is 2.68. The molecular formula is C15H26N4O. The Bertz CT molecular complexity index is 459. The van der Waals surface area contributed by atoms with Gasteiger partial charge < -0.3 is 11.1 Å². The van der Waals surface area contributed by atoms with Crippen LogP contribution in [0, 0.1) is 6.92 Å². The number of nitrogen functional groups attached to an aromatic ring is 1. The molecule has 0 bridgehead atoms. The van der Waals surface area contributed by atoms with Gasteiger partial charge >= 0.3 is 0 Å². The van der Waals surface area contributed by atoms with Crippen molar-refractivity contribution in [2.24, 2.45) is 0 Å².